The predicted molar refractivity (Wildman–Crippen MR) is 86.1 cm³/mol. The molecule has 112 valence electrons. The van der Waals surface area contributed by atoms with E-state index in [2.05, 4.69) is 16.8 Å². The van der Waals surface area contributed by atoms with Gasteiger partial charge in [0, 0.05) is 18.8 Å². The monoisotopic (exact) mass is 284 g/mol. The van der Waals surface area contributed by atoms with Crippen LogP contribution in [0, 0.1) is 13.8 Å². The van der Waals surface area contributed by atoms with Gasteiger partial charge in [-0.05, 0) is 43.7 Å². The van der Waals surface area contributed by atoms with Gasteiger partial charge < -0.3 is 5.11 Å². The summed E-state index contributed by atoms with van der Waals surface area (Å²) in [6, 6.07) is 14.1. The zero-order valence-electron chi connectivity index (χ0n) is 13.1. The summed E-state index contributed by atoms with van der Waals surface area (Å²) in [5, 5.41) is 10.5. The van der Waals surface area contributed by atoms with E-state index in [1.54, 1.807) is 0 Å². The quantitative estimate of drug-likeness (QED) is 0.884. The largest absolute Gasteiger partial charge is 0.387 e. The molecule has 0 spiro atoms. The molecule has 0 aliphatic carbocycles. The highest BCUT2D eigenvalue weighted by Gasteiger charge is 2.14. The van der Waals surface area contributed by atoms with Crippen molar-refractivity contribution in [3.63, 3.8) is 0 Å². The molecule has 1 unspecified atom stereocenters. The van der Waals surface area contributed by atoms with Crippen LogP contribution >= 0.6 is 0 Å². The van der Waals surface area contributed by atoms with Gasteiger partial charge in [0.2, 0.25) is 0 Å². The smallest absolute Gasteiger partial charge is 0.0919 e. The van der Waals surface area contributed by atoms with Crippen molar-refractivity contribution in [2.75, 3.05) is 13.1 Å². The van der Waals surface area contributed by atoms with Crippen LogP contribution in [0.4, 0.5) is 0 Å². The average Bonchev–Trinajstić information content (AvgIpc) is 2.47. The summed E-state index contributed by atoms with van der Waals surface area (Å²) >= 11 is 0. The van der Waals surface area contributed by atoms with Crippen LogP contribution in [0.3, 0.4) is 0 Å². The van der Waals surface area contributed by atoms with Gasteiger partial charge in [-0.2, -0.15) is 0 Å². The molecule has 1 aromatic carbocycles. The van der Waals surface area contributed by atoms with Crippen LogP contribution in [-0.4, -0.2) is 28.1 Å². The number of rotatable bonds is 6. The third-order valence-corrected chi connectivity index (χ3v) is 3.76. The van der Waals surface area contributed by atoms with Crippen molar-refractivity contribution in [1.82, 2.24) is 9.88 Å². The van der Waals surface area contributed by atoms with Crippen LogP contribution in [-0.2, 0) is 6.54 Å². The summed E-state index contributed by atoms with van der Waals surface area (Å²) in [4.78, 5) is 6.76. The summed E-state index contributed by atoms with van der Waals surface area (Å²) in [6.07, 6.45) is -0.462. The summed E-state index contributed by atoms with van der Waals surface area (Å²) in [5.41, 5.74) is 4.22. The van der Waals surface area contributed by atoms with Crippen molar-refractivity contribution in [1.29, 1.82) is 0 Å². The van der Waals surface area contributed by atoms with E-state index in [1.165, 1.54) is 0 Å². The third-order valence-electron chi connectivity index (χ3n) is 3.76. The van der Waals surface area contributed by atoms with Gasteiger partial charge in [-0.15, -0.1) is 0 Å². The summed E-state index contributed by atoms with van der Waals surface area (Å²) in [6.45, 7) is 8.43. The van der Waals surface area contributed by atoms with E-state index < -0.39 is 6.10 Å². The summed E-state index contributed by atoms with van der Waals surface area (Å²) in [5.74, 6) is 0. The van der Waals surface area contributed by atoms with Gasteiger partial charge in [0.25, 0.3) is 0 Å². The molecule has 2 rings (SSSR count). The van der Waals surface area contributed by atoms with Crippen molar-refractivity contribution in [3.8, 4) is 0 Å². The Morgan fingerprint density at radius 1 is 1.10 bits per heavy atom. The Hall–Kier alpha value is -1.71. The van der Waals surface area contributed by atoms with E-state index >= 15 is 0 Å². The van der Waals surface area contributed by atoms with E-state index in [0.717, 1.165) is 35.6 Å². The first-order valence-corrected chi connectivity index (χ1v) is 7.48. The highest BCUT2D eigenvalue weighted by molar-refractivity contribution is 5.27. The van der Waals surface area contributed by atoms with Crippen molar-refractivity contribution < 1.29 is 5.11 Å². The van der Waals surface area contributed by atoms with Crippen LogP contribution in [0.15, 0.2) is 42.5 Å². The summed E-state index contributed by atoms with van der Waals surface area (Å²) in [7, 11) is 0. The molecule has 0 radical (unpaired) electrons. The Morgan fingerprint density at radius 3 is 2.52 bits per heavy atom. The van der Waals surface area contributed by atoms with Crippen LogP contribution in [0.2, 0.25) is 0 Å². The number of hydrogen-bond donors (Lipinski definition) is 1. The van der Waals surface area contributed by atoms with Crippen molar-refractivity contribution in [2.24, 2.45) is 0 Å². The minimum Gasteiger partial charge on any atom is -0.387 e. The molecule has 3 heteroatoms. The summed E-state index contributed by atoms with van der Waals surface area (Å²) < 4.78 is 0. The standard InChI is InChI=1S/C18H24N2O/c1-4-20(12-16-10-7-9-15(3)19-16)13-18(21)17-11-6-5-8-14(17)2/h5-11,18,21H,4,12-13H2,1-3H3. The van der Waals surface area contributed by atoms with E-state index in [-0.39, 0.29) is 0 Å². The van der Waals surface area contributed by atoms with Gasteiger partial charge in [0.1, 0.15) is 0 Å². The second kappa shape index (κ2) is 7.34. The maximum atomic E-state index is 10.5. The fourth-order valence-electron chi connectivity index (χ4n) is 2.53. The molecule has 21 heavy (non-hydrogen) atoms. The van der Waals surface area contributed by atoms with E-state index in [9.17, 15) is 5.11 Å². The molecule has 0 saturated heterocycles. The Kier molecular flexibility index (Phi) is 5.48. The zero-order chi connectivity index (χ0) is 15.2. The van der Waals surface area contributed by atoms with Crippen LogP contribution in [0.1, 0.15) is 35.5 Å². The Morgan fingerprint density at radius 2 is 1.86 bits per heavy atom. The molecule has 0 aliphatic rings. The van der Waals surface area contributed by atoms with E-state index in [0.29, 0.717) is 6.54 Å². The first kappa shape index (κ1) is 15.7. The molecule has 1 heterocycles. The van der Waals surface area contributed by atoms with Crippen molar-refractivity contribution in [3.05, 3.63) is 65.0 Å². The molecule has 3 nitrogen and oxygen atoms in total. The molecule has 1 atom stereocenters. The molecular weight excluding hydrogens is 260 g/mol. The van der Waals surface area contributed by atoms with Crippen LogP contribution in [0.5, 0.6) is 0 Å². The van der Waals surface area contributed by atoms with Gasteiger partial charge >= 0.3 is 0 Å². The zero-order valence-corrected chi connectivity index (χ0v) is 13.1. The average molecular weight is 284 g/mol. The molecule has 2 aromatic rings. The Bertz CT molecular complexity index is 583. The molecule has 0 aliphatic heterocycles. The van der Waals surface area contributed by atoms with E-state index in [4.69, 9.17) is 0 Å². The number of pyridine rings is 1. The maximum Gasteiger partial charge on any atom is 0.0919 e. The first-order valence-electron chi connectivity index (χ1n) is 7.48. The number of aryl methyl sites for hydroxylation is 2. The topological polar surface area (TPSA) is 36.4 Å². The minimum atomic E-state index is -0.462. The van der Waals surface area contributed by atoms with Crippen LogP contribution < -0.4 is 0 Å². The lowest BCUT2D eigenvalue weighted by molar-refractivity contribution is 0.111. The number of benzene rings is 1. The number of nitrogens with zero attached hydrogens (tertiary/aromatic N) is 2. The molecule has 1 N–H and O–H groups in total. The normalized spacial score (nSPS) is 12.6. The van der Waals surface area contributed by atoms with Crippen molar-refractivity contribution >= 4 is 0 Å². The Balaban J connectivity index is 2.04. The number of aromatic nitrogens is 1. The molecule has 0 fully saturated rings. The van der Waals surface area contributed by atoms with Gasteiger partial charge in [0.05, 0.1) is 11.8 Å². The van der Waals surface area contributed by atoms with Gasteiger partial charge in [-0.25, -0.2) is 0 Å². The molecular formula is C18H24N2O. The Labute approximate surface area is 127 Å². The number of likely N-dealkylation sites (N-methyl/N-ethyl adjacent to an activating group) is 1. The van der Waals surface area contributed by atoms with Gasteiger partial charge in [-0.1, -0.05) is 37.3 Å². The number of hydrogen-bond acceptors (Lipinski definition) is 3. The molecule has 0 amide bonds. The van der Waals surface area contributed by atoms with E-state index in [1.807, 2.05) is 56.3 Å². The molecule has 1 aromatic heterocycles. The fraction of sp³-hybridized carbons (Fsp3) is 0.389. The highest BCUT2D eigenvalue weighted by atomic mass is 16.3. The van der Waals surface area contributed by atoms with Crippen molar-refractivity contribution in [2.45, 2.75) is 33.4 Å². The van der Waals surface area contributed by atoms with Gasteiger partial charge in [0.15, 0.2) is 0 Å². The number of aliphatic hydroxyl groups excluding tert-OH is 1. The van der Waals surface area contributed by atoms with Crippen LogP contribution in [0.25, 0.3) is 0 Å². The minimum absolute atomic E-state index is 0.462. The fourth-order valence-corrected chi connectivity index (χ4v) is 2.53. The first-order chi connectivity index (χ1) is 10.1. The third kappa shape index (κ3) is 4.38. The molecule has 0 bridgehead atoms. The maximum absolute atomic E-state index is 10.5. The lowest BCUT2D eigenvalue weighted by Crippen LogP contribution is -2.28. The number of aliphatic hydroxyl groups is 1. The second-order valence-electron chi connectivity index (χ2n) is 5.47. The predicted octanol–water partition coefficient (Wildman–Crippen LogP) is 3.25. The second-order valence-corrected chi connectivity index (χ2v) is 5.47. The van der Waals surface area contributed by atoms with Gasteiger partial charge in [-0.3, -0.25) is 9.88 Å². The SMILES string of the molecule is CCN(Cc1cccc(C)n1)CC(O)c1ccccc1C. The highest BCUT2D eigenvalue weighted by Crippen LogP contribution is 2.19. The lowest BCUT2D eigenvalue weighted by atomic mass is 10.0. The molecule has 0 saturated carbocycles. The lowest BCUT2D eigenvalue weighted by Gasteiger charge is -2.24.